The molecule has 0 spiro atoms. The first-order chi connectivity index (χ1) is 4.41. The first-order valence-corrected chi connectivity index (χ1v) is 3.56. The van der Waals surface area contributed by atoms with Crippen LogP contribution in [0.1, 0.15) is 26.7 Å². The molecule has 0 aromatic rings. The van der Waals surface area contributed by atoms with Gasteiger partial charge in [0.05, 0.1) is 0 Å². The van der Waals surface area contributed by atoms with Crippen LogP contribution in [0.4, 0.5) is 0 Å². The third kappa shape index (κ3) is 7.47. The Kier molecular flexibility index (Phi) is 7.03. The molecule has 2 nitrogen and oxygen atoms in total. The van der Waals surface area contributed by atoms with E-state index in [1.165, 1.54) is 0 Å². The smallest absolute Gasteiger partial charge is 0.164 e. The number of hydrogen-bond acceptors (Lipinski definition) is 1. The maximum Gasteiger partial charge on any atom is 0.164 e. The van der Waals surface area contributed by atoms with Crippen LogP contribution in [0.3, 0.4) is 0 Å². The maximum absolute atomic E-state index is 3.97. The molecule has 0 rings (SSSR count). The minimum absolute atomic E-state index is 0.886. The summed E-state index contributed by atoms with van der Waals surface area (Å²) < 4.78 is 0. The second kappa shape index (κ2) is 7.47. The van der Waals surface area contributed by atoms with Crippen LogP contribution in [0.25, 0.3) is 0 Å². The molecule has 0 aromatic carbocycles. The Balaban J connectivity index is 2.86. The monoisotopic (exact) mass is 127 g/mol. The highest BCUT2D eigenvalue weighted by atomic mass is 14.9. The number of nitrogens with one attached hydrogen (secondary N) is 1. The Morgan fingerprint density at radius 2 is 2.11 bits per heavy atom. The van der Waals surface area contributed by atoms with Gasteiger partial charge in [0.2, 0.25) is 0 Å². The van der Waals surface area contributed by atoms with E-state index >= 15 is 0 Å². The van der Waals surface area contributed by atoms with Crippen molar-refractivity contribution in [1.82, 2.24) is 5.32 Å². The van der Waals surface area contributed by atoms with E-state index in [2.05, 4.69) is 30.5 Å². The second-order valence-electron chi connectivity index (χ2n) is 1.92. The van der Waals surface area contributed by atoms with Crippen molar-refractivity contribution in [3.8, 4) is 0 Å². The van der Waals surface area contributed by atoms with Gasteiger partial charge in [-0.15, -0.1) is 0 Å². The molecule has 0 aliphatic rings. The topological polar surface area (TPSA) is 24.4 Å². The van der Waals surface area contributed by atoms with E-state index in [1.807, 2.05) is 0 Å². The standard InChI is InChI=1S/C7H15N2/c1-3-5-8-7-9-6-4-2/h3-6H2,1-2H3,(H,8,9). The highest BCUT2D eigenvalue weighted by Gasteiger charge is 1.74. The van der Waals surface area contributed by atoms with E-state index in [0.717, 1.165) is 25.9 Å². The van der Waals surface area contributed by atoms with Gasteiger partial charge in [-0.3, -0.25) is 4.99 Å². The summed E-state index contributed by atoms with van der Waals surface area (Å²) in [6, 6.07) is 0. The Morgan fingerprint density at radius 3 is 2.67 bits per heavy atom. The molecule has 0 aliphatic carbocycles. The normalized spacial score (nSPS) is 10.4. The fourth-order valence-corrected chi connectivity index (χ4v) is 0.405. The molecule has 0 unspecified atom stereocenters. The predicted octanol–water partition coefficient (Wildman–Crippen LogP) is 1.30. The van der Waals surface area contributed by atoms with Gasteiger partial charge in [0, 0.05) is 13.1 Å². The van der Waals surface area contributed by atoms with Gasteiger partial charge >= 0.3 is 0 Å². The summed E-state index contributed by atoms with van der Waals surface area (Å²) in [4.78, 5) is 3.97. The summed E-state index contributed by atoms with van der Waals surface area (Å²) in [5.74, 6) is 0. The average molecular weight is 127 g/mol. The molecule has 0 bridgehead atoms. The van der Waals surface area contributed by atoms with Crippen LogP contribution in [0.5, 0.6) is 0 Å². The molecule has 9 heavy (non-hydrogen) atoms. The first kappa shape index (κ1) is 8.47. The zero-order chi connectivity index (χ0) is 6.95. The van der Waals surface area contributed by atoms with Crippen LogP contribution < -0.4 is 5.32 Å². The minimum Gasteiger partial charge on any atom is -0.367 e. The lowest BCUT2D eigenvalue weighted by atomic mass is 10.5. The van der Waals surface area contributed by atoms with Crippen molar-refractivity contribution in [3.05, 3.63) is 0 Å². The fourth-order valence-electron chi connectivity index (χ4n) is 0.405. The lowest BCUT2D eigenvalue weighted by Gasteiger charge is -1.91. The molecule has 0 aliphatic heterocycles. The van der Waals surface area contributed by atoms with Gasteiger partial charge in [0.25, 0.3) is 0 Å². The first-order valence-electron chi connectivity index (χ1n) is 3.56. The highest BCUT2D eigenvalue weighted by Crippen LogP contribution is 1.73. The van der Waals surface area contributed by atoms with E-state index < -0.39 is 0 Å². The van der Waals surface area contributed by atoms with Crippen LogP contribution >= 0.6 is 0 Å². The minimum atomic E-state index is 0.886. The lowest BCUT2D eigenvalue weighted by molar-refractivity contribution is 0.840. The van der Waals surface area contributed by atoms with Gasteiger partial charge in [0.15, 0.2) is 6.34 Å². The number of nitrogens with zero attached hydrogens (tertiary/aromatic N) is 1. The summed E-state index contributed by atoms with van der Waals surface area (Å²) in [7, 11) is 0. The van der Waals surface area contributed by atoms with Crippen molar-refractivity contribution in [2.24, 2.45) is 4.99 Å². The molecule has 1 N–H and O–H groups in total. The van der Waals surface area contributed by atoms with Crippen molar-refractivity contribution < 1.29 is 0 Å². The molecule has 0 saturated heterocycles. The van der Waals surface area contributed by atoms with Crippen LogP contribution in [-0.4, -0.2) is 19.4 Å². The fraction of sp³-hybridized carbons (Fsp3) is 0.857. The van der Waals surface area contributed by atoms with Gasteiger partial charge in [-0.1, -0.05) is 13.8 Å². The van der Waals surface area contributed by atoms with Crippen LogP contribution in [0.2, 0.25) is 0 Å². The zero-order valence-electron chi connectivity index (χ0n) is 6.28. The predicted molar refractivity (Wildman–Crippen MR) is 40.9 cm³/mol. The Morgan fingerprint density at radius 1 is 1.33 bits per heavy atom. The Labute approximate surface area is 57.4 Å². The van der Waals surface area contributed by atoms with Crippen LogP contribution in [0.15, 0.2) is 4.99 Å². The van der Waals surface area contributed by atoms with E-state index in [-0.39, 0.29) is 0 Å². The molecule has 2 heteroatoms. The quantitative estimate of drug-likeness (QED) is 0.256. The molecular formula is C7H15N2. The summed E-state index contributed by atoms with van der Waals surface area (Å²) in [6.45, 7) is 6.09. The number of aliphatic imine (C=N–C) groups is 1. The van der Waals surface area contributed by atoms with E-state index in [0.29, 0.717) is 0 Å². The molecule has 0 fully saturated rings. The SMILES string of the molecule is CCC/N=[C]/NCCC. The Bertz CT molecular complexity index is 69.3. The molecule has 0 heterocycles. The summed E-state index contributed by atoms with van der Waals surface area (Å²) >= 11 is 0. The lowest BCUT2D eigenvalue weighted by Crippen LogP contribution is -2.11. The van der Waals surface area contributed by atoms with Gasteiger partial charge in [-0.2, -0.15) is 0 Å². The van der Waals surface area contributed by atoms with E-state index in [9.17, 15) is 0 Å². The van der Waals surface area contributed by atoms with Crippen molar-refractivity contribution in [2.75, 3.05) is 13.1 Å². The molecule has 1 radical (unpaired) electrons. The Hall–Kier alpha value is -0.530. The molecule has 0 atom stereocenters. The van der Waals surface area contributed by atoms with E-state index in [4.69, 9.17) is 0 Å². The molecule has 0 saturated carbocycles. The van der Waals surface area contributed by atoms with E-state index in [1.54, 1.807) is 0 Å². The van der Waals surface area contributed by atoms with Gasteiger partial charge in [-0.25, -0.2) is 0 Å². The van der Waals surface area contributed by atoms with Crippen molar-refractivity contribution >= 4 is 6.34 Å². The van der Waals surface area contributed by atoms with Crippen LogP contribution in [-0.2, 0) is 0 Å². The van der Waals surface area contributed by atoms with Gasteiger partial charge in [-0.05, 0) is 12.8 Å². The number of rotatable bonds is 5. The molecule has 0 aromatic heterocycles. The highest BCUT2D eigenvalue weighted by molar-refractivity contribution is 5.53. The molecule has 0 amide bonds. The summed E-state index contributed by atoms with van der Waals surface area (Å²) in [6.07, 6.45) is 4.99. The zero-order valence-corrected chi connectivity index (χ0v) is 6.28. The third-order valence-corrected chi connectivity index (χ3v) is 0.869. The van der Waals surface area contributed by atoms with Crippen molar-refractivity contribution in [3.63, 3.8) is 0 Å². The van der Waals surface area contributed by atoms with Gasteiger partial charge in [0.1, 0.15) is 0 Å². The number of hydrogen-bond donors (Lipinski definition) is 1. The van der Waals surface area contributed by atoms with Crippen molar-refractivity contribution in [2.45, 2.75) is 26.7 Å². The largest absolute Gasteiger partial charge is 0.367 e. The average Bonchev–Trinajstić information content (AvgIpc) is 1.89. The molecule has 53 valence electrons. The van der Waals surface area contributed by atoms with Gasteiger partial charge < -0.3 is 5.32 Å². The third-order valence-electron chi connectivity index (χ3n) is 0.869. The van der Waals surface area contributed by atoms with Crippen molar-refractivity contribution in [1.29, 1.82) is 0 Å². The second-order valence-corrected chi connectivity index (χ2v) is 1.92. The van der Waals surface area contributed by atoms with Crippen LogP contribution in [0, 0.1) is 0 Å². The maximum atomic E-state index is 3.97. The summed E-state index contributed by atoms with van der Waals surface area (Å²) in [5.41, 5.74) is 0. The molecular weight excluding hydrogens is 112 g/mol. The summed E-state index contributed by atoms with van der Waals surface area (Å²) in [5, 5.41) is 2.95.